The number of carbonyl (C=O) groups excluding carboxylic acids is 2. The van der Waals surface area contributed by atoms with E-state index in [1.807, 2.05) is 5.38 Å². The van der Waals surface area contributed by atoms with Crippen molar-refractivity contribution in [2.24, 2.45) is 0 Å². The van der Waals surface area contributed by atoms with Gasteiger partial charge in [0.1, 0.15) is 11.2 Å². The van der Waals surface area contributed by atoms with Crippen molar-refractivity contribution in [2.45, 2.75) is 13.8 Å². The quantitative estimate of drug-likeness (QED) is 0.753. The summed E-state index contributed by atoms with van der Waals surface area (Å²) < 4.78 is 0. The van der Waals surface area contributed by atoms with Crippen LogP contribution in [0.5, 0.6) is 0 Å². The second-order valence-electron chi connectivity index (χ2n) is 3.21. The average Bonchev–Trinajstić information content (AvgIpc) is 2.65. The monoisotopic (exact) mass is 235 g/mol. The average molecular weight is 235 g/mol. The largest absolute Gasteiger partial charge is 0.274 e. The van der Waals surface area contributed by atoms with Crippen molar-refractivity contribution in [3.8, 4) is 0 Å². The maximum atomic E-state index is 11.4. The molecule has 0 saturated carbocycles. The van der Waals surface area contributed by atoms with Crippen LogP contribution < -0.4 is 4.90 Å². The van der Waals surface area contributed by atoms with Gasteiger partial charge in [-0.15, -0.1) is 11.3 Å². The highest BCUT2D eigenvalue weighted by atomic mass is 32.1. The molecule has 0 aliphatic heterocycles. The van der Waals surface area contributed by atoms with Gasteiger partial charge < -0.3 is 0 Å². The van der Waals surface area contributed by atoms with E-state index in [2.05, 4.69) is 9.97 Å². The number of aromatic nitrogens is 2. The van der Waals surface area contributed by atoms with Crippen LogP contribution in [0.15, 0.2) is 17.8 Å². The fourth-order valence-electron chi connectivity index (χ4n) is 1.48. The summed E-state index contributed by atoms with van der Waals surface area (Å²) in [6.07, 6.45) is 1.35. The SMILES string of the molecule is CC(=O)N(C(C)=O)c1ncnc2sccc12. The molecule has 0 aromatic carbocycles. The summed E-state index contributed by atoms with van der Waals surface area (Å²) >= 11 is 1.44. The Hall–Kier alpha value is -1.82. The van der Waals surface area contributed by atoms with Gasteiger partial charge in [-0.2, -0.15) is 0 Å². The topological polar surface area (TPSA) is 63.2 Å². The third kappa shape index (κ3) is 1.67. The normalized spacial score (nSPS) is 10.4. The summed E-state index contributed by atoms with van der Waals surface area (Å²) in [4.78, 5) is 32.7. The van der Waals surface area contributed by atoms with E-state index in [9.17, 15) is 9.59 Å². The molecule has 0 spiro atoms. The van der Waals surface area contributed by atoms with Crippen molar-refractivity contribution < 1.29 is 9.59 Å². The standard InChI is InChI=1S/C10H9N3O2S/c1-6(14)13(7(2)15)9-8-3-4-16-10(8)12-5-11-9/h3-5H,1-2H3. The van der Waals surface area contributed by atoms with Crippen LogP contribution in [0.1, 0.15) is 13.8 Å². The second-order valence-corrected chi connectivity index (χ2v) is 4.10. The molecular weight excluding hydrogens is 226 g/mol. The summed E-state index contributed by atoms with van der Waals surface area (Å²) in [7, 11) is 0. The van der Waals surface area contributed by atoms with Crippen molar-refractivity contribution in [1.29, 1.82) is 0 Å². The number of amides is 2. The van der Waals surface area contributed by atoms with Crippen LogP contribution in [0.2, 0.25) is 0 Å². The molecule has 2 aromatic rings. The molecule has 0 aliphatic rings. The molecule has 0 fully saturated rings. The van der Waals surface area contributed by atoms with Crippen molar-refractivity contribution >= 4 is 39.2 Å². The summed E-state index contributed by atoms with van der Waals surface area (Å²) in [6, 6.07) is 1.80. The minimum absolute atomic E-state index is 0.348. The van der Waals surface area contributed by atoms with Crippen LogP contribution >= 0.6 is 11.3 Å². The Labute approximate surface area is 95.7 Å². The highest BCUT2D eigenvalue weighted by Gasteiger charge is 2.20. The Morgan fingerprint density at radius 1 is 1.25 bits per heavy atom. The van der Waals surface area contributed by atoms with Gasteiger partial charge in [0.2, 0.25) is 11.8 Å². The summed E-state index contributed by atoms with van der Waals surface area (Å²) in [6.45, 7) is 2.67. The minimum Gasteiger partial charge on any atom is -0.274 e. The van der Waals surface area contributed by atoms with E-state index in [1.54, 1.807) is 6.07 Å². The Balaban J connectivity index is 2.65. The zero-order valence-electron chi connectivity index (χ0n) is 8.80. The van der Waals surface area contributed by atoms with E-state index < -0.39 is 0 Å². The summed E-state index contributed by atoms with van der Waals surface area (Å²) in [5.41, 5.74) is 0. The summed E-state index contributed by atoms with van der Waals surface area (Å²) in [5.74, 6) is -0.344. The smallest absolute Gasteiger partial charge is 0.231 e. The third-order valence-corrected chi connectivity index (χ3v) is 2.90. The third-order valence-electron chi connectivity index (χ3n) is 2.08. The first kappa shape index (κ1) is 10.7. The number of anilines is 1. The van der Waals surface area contributed by atoms with Gasteiger partial charge in [0.05, 0.1) is 5.39 Å². The van der Waals surface area contributed by atoms with Gasteiger partial charge in [-0.05, 0) is 11.4 Å². The molecular formula is C10H9N3O2S. The van der Waals surface area contributed by atoms with E-state index in [0.717, 1.165) is 15.1 Å². The first-order chi connectivity index (χ1) is 7.61. The predicted molar refractivity (Wildman–Crippen MR) is 61.3 cm³/mol. The van der Waals surface area contributed by atoms with Gasteiger partial charge in [0.15, 0.2) is 5.82 Å². The zero-order valence-corrected chi connectivity index (χ0v) is 9.61. The van der Waals surface area contributed by atoms with E-state index in [4.69, 9.17) is 0 Å². The maximum absolute atomic E-state index is 11.4. The molecule has 2 rings (SSSR count). The molecule has 0 N–H and O–H groups in total. The maximum Gasteiger partial charge on any atom is 0.231 e. The van der Waals surface area contributed by atoms with Crippen LogP contribution in [-0.4, -0.2) is 21.8 Å². The van der Waals surface area contributed by atoms with Gasteiger partial charge in [0.25, 0.3) is 0 Å². The molecule has 0 unspecified atom stereocenters. The summed E-state index contributed by atoms with van der Waals surface area (Å²) in [5, 5.41) is 2.57. The van der Waals surface area contributed by atoms with Crippen molar-refractivity contribution in [3.05, 3.63) is 17.8 Å². The molecule has 16 heavy (non-hydrogen) atoms. The Kier molecular flexibility index (Phi) is 2.66. The molecule has 2 amide bonds. The van der Waals surface area contributed by atoms with Crippen molar-refractivity contribution in [3.63, 3.8) is 0 Å². The van der Waals surface area contributed by atoms with Crippen LogP contribution in [0, 0.1) is 0 Å². The van der Waals surface area contributed by atoms with E-state index in [1.165, 1.54) is 31.5 Å². The molecule has 82 valence electrons. The zero-order chi connectivity index (χ0) is 11.7. The van der Waals surface area contributed by atoms with E-state index >= 15 is 0 Å². The molecule has 0 radical (unpaired) electrons. The number of nitrogens with zero attached hydrogens (tertiary/aromatic N) is 3. The molecule has 2 heterocycles. The molecule has 0 aliphatic carbocycles. The Morgan fingerprint density at radius 3 is 2.56 bits per heavy atom. The van der Waals surface area contributed by atoms with Crippen molar-refractivity contribution in [1.82, 2.24) is 9.97 Å². The molecule has 6 heteroatoms. The number of rotatable bonds is 1. The van der Waals surface area contributed by atoms with Gasteiger partial charge in [-0.1, -0.05) is 0 Å². The van der Waals surface area contributed by atoms with E-state index in [-0.39, 0.29) is 11.8 Å². The first-order valence-corrected chi connectivity index (χ1v) is 5.48. The molecule has 5 nitrogen and oxygen atoms in total. The fraction of sp³-hybridized carbons (Fsp3) is 0.200. The van der Waals surface area contributed by atoms with Gasteiger partial charge in [-0.25, -0.2) is 14.9 Å². The lowest BCUT2D eigenvalue weighted by Gasteiger charge is -2.16. The highest BCUT2D eigenvalue weighted by molar-refractivity contribution is 7.16. The number of hydrogen-bond donors (Lipinski definition) is 0. The lowest BCUT2D eigenvalue weighted by atomic mass is 10.3. The number of carbonyl (C=O) groups is 2. The Bertz CT molecular complexity index is 550. The first-order valence-electron chi connectivity index (χ1n) is 4.60. The minimum atomic E-state index is -0.348. The van der Waals surface area contributed by atoms with Crippen molar-refractivity contribution in [2.75, 3.05) is 4.90 Å². The van der Waals surface area contributed by atoms with E-state index in [0.29, 0.717) is 5.82 Å². The van der Waals surface area contributed by atoms with Gasteiger partial charge in [0, 0.05) is 13.8 Å². The molecule has 0 bridgehead atoms. The number of imide groups is 1. The number of thiophene rings is 1. The molecule has 2 aromatic heterocycles. The van der Waals surface area contributed by atoms with Gasteiger partial charge >= 0.3 is 0 Å². The predicted octanol–water partition coefficient (Wildman–Crippen LogP) is 1.59. The van der Waals surface area contributed by atoms with Crippen LogP contribution in [-0.2, 0) is 9.59 Å². The van der Waals surface area contributed by atoms with Crippen LogP contribution in [0.25, 0.3) is 10.2 Å². The fourth-order valence-corrected chi connectivity index (χ4v) is 2.20. The van der Waals surface area contributed by atoms with Crippen LogP contribution in [0.3, 0.4) is 0 Å². The second kappa shape index (κ2) is 3.97. The lowest BCUT2D eigenvalue weighted by Crippen LogP contribution is -2.33. The van der Waals surface area contributed by atoms with Gasteiger partial charge in [-0.3, -0.25) is 9.59 Å². The lowest BCUT2D eigenvalue weighted by molar-refractivity contribution is -0.124. The molecule has 0 saturated heterocycles. The number of fused-ring (bicyclic) bond motifs is 1. The number of hydrogen-bond acceptors (Lipinski definition) is 5. The molecule has 0 atom stereocenters. The Morgan fingerprint density at radius 2 is 1.94 bits per heavy atom. The highest BCUT2D eigenvalue weighted by Crippen LogP contribution is 2.26. The van der Waals surface area contributed by atoms with Crippen LogP contribution in [0.4, 0.5) is 5.82 Å².